The molecule has 0 radical (unpaired) electrons. The van der Waals surface area contributed by atoms with Crippen molar-refractivity contribution in [2.45, 2.75) is 52.0 Å². The number of hydrogen-bond donors (Lipinski definition) is 2. The smallest absolute Gasteiger partial charge is 0.253 e. The molecule has 0 aliphatic rings. The molecule has 1 amide bonds. The average Bonchev–Trinajstić information content (AvgIpc) is 2.43. The van der Waals surface area contributed by atoms with Crippen molar-refractivity contribution in [3.05, 3.63) is 24.0 Å². The van der Waals surface area contributed by atoms with Crippen LogP contribution in [0.4, 0.5) is 5.69 Å². The summed E-state index contributed by atoms with van der Waals surface area (Å²) in [5.74, 6) is -0.0326. The first-order valence-corrected chi connectivity index (χ1v) is 7.11. The lowest BCUT2D eigenvalue weighted by molar-refractivity contribution is 0.0938. The average molecular weight is 263 g/mol. The summed E-state index contributed by atoms with van der Waals surface area (Å²) in [6.07, 6.45) is 9.27. The Morgan fingerprint density at radius 2 is 2.16 bits per heavy atom. The van der Waals surface area contributed by atoms with E-state index in [1.165, 1.54) is 25.7 Å². The maximum atomic E-state index is 12.1. The zero-order valence-corrected chi connectivity index (χ0v) is 12.2. The van der Waals surface area contributed by atoms with E-state index in [2.05, 4.69) is 29.5 Å². The third kappa shape index (κ3) is 5.28. The summed E-state index contributed by atoms with van der Waals surface area (Å²) < 4.78 is 0. The number of aromatic nitrogens is 1. The van der Waals surface area contributed by atoms with E-state index in [0.717, 1.165) is 12.1 Å². The monoisotopic (exact) mass is 263 g/mol. The number of nitrogens with one attached hydrogen (secondary N) is 2. The van der Waals surface area contributed by atoms with E-state index in [0.29, 0.717) is 5.56 Å². The number of unbranched alkanes of at least 4 members (excludes halogenated alkanes) is 3. The molecule has 2 N–H and O–H groups in total. The molecule has 1 aromatic heterocycles. The Balaban J connectivity index is 2.45. The van der Waals surface area contributed by atoms with Crippen molar-refractivity contribution in [2.75, 3.05) is 12.4 Å². The quantitative estimate of drug-likeness (QED) is 0.708. The first-order valence-electron chi connectivity index (χ1n) is 7.11. The van der Waals surface area contributed by atoms with E-state index in [4.69, 9.17) is 0 Å². The minimum atomic E-state index is -0.0326. The summed E-state index contributed by atoms with van der Waals surface area (Å²) in [5, 5.41) is 6.03. The predicted octanol–water partition coefficient (Wildman–Crippen LogP) is 3.21. The molecule has 1 aromatic rings. The molecular weight excluding hydrogens is 238 g/mol. The van der Waals surface area contributed by atoms with Crippen LogP contribution in [-0.4, -0.2) is 24.0 Å². The second-order valence-electron chi connectivity index (χ2n) is 4.90. The minimum Gasteiger partial charge on any atom is -0.386 e. The number of nitrogens with zero attached hydrogens (tertiary/aromatic N) is 1. The van der Waals surface area contributed by atoms with Crippen molar-refractivity contribution in [1.29, 1.82) is 0 Å². The summed E-state index contributed by atoms with van der Waals surface area (Å²) >= 11 is 0. The van der Waals surface area contributed by atoms with Crippen LogP contribution >= 0.6 is 0 Å². The third-order valence-electron chi connectivity index (χ3n) is 3.20. The van der Waals surface area contributed by atoms with Crippen LogP contribution in [0, 0.1) is 0 Å². The number of hydrogen-bond acceptors (Lipinski definition) is 3. The molecule has 4 heteroatoms. The lowest BCUT2D eigenvalue weighted by atomic mass is 10.1. The van der Waals surface area contributed by atoms with Gasteiger partial charge in [-0.3, -0.25) is 9.78 Å². The molecule has 1 rings (SSSR count). The van der Waals surface area contributed by atoms with Crippen LogP contribution < -0.4 is 10.6 Å². The Morgan fingerprint density at radius 1 is 1.37 bits per heavy atom. The number of anilines is 1. The van der Waals surface area contributed by atoms with Crippen LogP contribution in [0.25, 0.3) is 0 Å². The Hall–Kier alpha value is -1.58. The van der Waals surface area contributed by atoms with Gasteiger partial charge in [0.05, 0.1) is 17.4 Å². The van der Waals surface area contributed by atoms with Crippen LogP contribution in [0.5, 0.6) is 0 Å². The highest BCUT2D eigenvalue weighted by Gasteiger charge is 2.12. The lowest BCUT2D eigenvalue weighted by Gasteiger charge is -2.15. The van der Waals surface area contributed by atoms with Gasteiger partial charge in [0, 0.05) is 19.3 Å². The van der Waals surface area contributed by atoms with E-state index < -0.39 is 0 Å². The van der Waals surface area contributed by atoms with Gasteiger partial charge in [-0.2, -0.15) is 0 Å². The Morgan fingerprint density at radius 3 is 2.84 bits per heavy atom. The lowest BCUT2D eigenvalue weighted by Crippen LogP contribution is -2.32. The Bertz CT molecular complexity index is 393. The molecule has 0 saturated carbocycles. The summed E-state index contributed by atoms with van der Waals surface area (Å²) in [7, 11) is 1.79. The fraction of sp³-hybridized carbons (Fsp3) is 0.600. The van der Waals surface area contributed by atoms with Crippen molar-refractivity contribution < 1.29 is 4.79 Å². The van der Waals surface area contributed by atoms with Gasteiger partial charge in [0.2, 0.25) is 0 Å². The molecule has 1 unspecified atom stereocenters. The maximum Gasteiger partial charge on any atom is 0.253 e. The standard InChI is InChI=1S/C15H25N3O/c1-4-5-6-7-8-12(2)18-15(19)13-9-10-17-11-14(13)16-3/h9-12,16H,4-8H2,1-3H3,(H,18,19). The highest BCUT2D eigenvalue weighted by Crippen LogP contribution is 2.13. The van der Waals surface area contributed by atoms with Gasteiger partial charge in [0.15, 0.2) is 0 Å². The third-order valence-corrected chi connectivity index (χ3v) is 3.20. The topological polar surface area (TPSA) is 54.0 Å². The number of amides is 1. The number of pyridine rings is 1. The Labute approximate surface area is 116 Å². The molecule has 1 heterocycles. The molecule has 106 valence electrons. The summed E-state index contributed by atoms with van der Waals surface area (Å²) in [6, 6.07) is 1.95. The van der Waals surface area contributed by atoms with Crippen LogP contribution in [0.1, 0.15) is 56.3 Å². The molecule has 1 atom stereocenters. The van der Waals surface area contributed by atoms with Crippen LogP contribution in [0.3, 0.4) is 0 Å². The Kier molecular flexibility index (Phi) is 6.93. The molecule has 4 nitrogen and oxygen atoms in total. The van der Waals surface area contributed by atoms with Crippen LogP contribution in [0.2, 0.25) is 0 Å². The van der Waals surface area contributed by atoms with Gasteiger partial charge in [-0.15, -0.1) is 0 Å². The SMILES string of the molecule is CCCCCCC(C)NC(=O)c1ccncc1NC. The molecule has 0 aromatic carbocycles. The van der Waals surface area contributed by atoms with Crippen molar-refractivity contribution in [3.8, 4) is 0 Å². The van der Waals surface area contributed by atoms with Crippen molar-refractivity contribution in [2.24, 2.45) is 0 Å². The molecule has 0 aliphatic heterocycles. The summed E-state index contributed by atoms with van der Waals surface area (Å²) in [4.78, 5) is 16.2. The van der Waals surface area contributed by atoms with Gasteiger partial charge >= 0.3 is 0 Å². The minimum absolute atomic E-state index is 0.0326. The summed E-state index contributed by atoms with van der Waals surface area (Å²) in [6.45, 7) is 4.26. The van der Waals surface area contributed by atoms with Gasteiger partial charge in [-0.05, 0) is 19.4 Å². The molecular formula is C15H25N3O. The van der Waals surface area contributed by atoms with Crippen LogP contribution in [-0.2, 0) is 0 Å². The molecule has 19 heavy (non-hydrogen) atoms. The predicted molar refractivity (Wildman–Crippen MR) is 79.5 cm³/mol. The second kappa shape index (κ2) is 8.51. The van der Waals surface area contributed by atoms with Gasteiger partial charge in [-0.25, -0.2) is 0 Å². The number of rotatable bonds is 8. The normalized spacial score (nSPS) is 11.9. The highest BCUT2D eigenvalue weighted by atomic mass is 16.1. The molecule has 0 spiro atoms. The molecule has 0 saturated heterocycles. The largest absolute Gasteiger partial charge is 0.386 e. The van der Waals surface area contributed by atoms with Gasteiger partial charge in [0.1, 0.15) is 0 Å². The fourth-order valence-electron chi connectivity index (χ4n) is 2.04. The molecule has 0 bridgehead atoms. The van der Waals surface area contributed by atoms with Gasteiger partial charge in [-0.1, -0.05) is 32.6 Å². The maximum absolute atomic E-state index is 12.1. The van der Waals surface area contributed by atoms with E-state index in [1.54, 1.807) is 25.5 Å². The van der Waals surface area contributed by atoms with E-state index >= 15 is 0 Å². The molecule has 0 fully saturated rings. The fourth-order valence-corrected chi connectivity index (χ4v) is 2.04. The zero-order chi connectivity index (χ0) is 14.1. The number of carbonyl (C=O) groups excluding carboxylic acids is 1. The van der Waals surface area contributed by atoms with Gasteiger partial charge < -0.3 is 10.6 Å². The van der Waals surface area contributed by atoms with Gasteiger partial charge in [0.25, 0.3) is 5.91 Å². The molecule has 0 aliphatic carbocycles. The van der Waals surface area contributed by atoms with Crippen molar-refractivity contribution >= 4 is 11.6 Å². The highest BCUT2D eigenvalue weighted by molar-refractivity contribution is 5.99. The zero-order valence-electron chi connectivity index (χ0n) is 12.2. The summed E-state index contributed by atoms with van der Waals surface area (Å²) in [5.41, 5.74) is 1.41. The second-order valence-corrected chi connectivity index (χ2v) is 4.90. The number of carbonyl (C=O) groups is 1. The van der Waals surface area contributed by atoms with Crippen molar-refractivity contribution in [3.63, 3.8) is 0 Å². The van der Waals surface area contributed by atoms with Crippen molar-refractivity contribution in [1.82, 2.24) is 10.3 Å². The van der Waals surface area contributed by atoms with E-state index in [1.807, 2.05) is 0 Å². The first-order chi connectivity index (χ1) is 9.19. The van der Waals surface area contributed by atoms with E-state index in [9.17, 15) is 4.79 Å². The first kappa shape index (κ1) is 15.5. The van der Waals surface area contributed by atoms with Crippen LogP contribution in [0.15, 0.2) is 18.5 Å². The van der Waals surface area contributed by atoms with E-state index in [-0.39, 0.29) is 11.9 Å².